The van der Waals surface area contributed by atoms with Crippen LogP contribution in [-0.4, -0.2) is 30.3 Å². The third-order valence-corrected chi connectivity index (χ3v) is 4.96. The summed E-state index contributed by atoms with van der Waals surface area (Å²) >= 11 is 0. The normalized spacial score (nSPS) is 13.6. The van der Waals surface area contributed by atoms with Crippen molar-refractivity contribution in [1.29, 1.82) is 0 Å². The van der Waals surface area contributed by atoms with Crippen LogP contribution < -0.4 is 0 Å². The van der Waals surface area contributed by atoms with Crippen molar-refractivity contribution in [1.82, 2.24) is 4.57 Å². The zero-order chi connectivity index (χ0) is 14.4. The Morgan fingerprint density at radius 1 is 1.32 bits per heavy atom. The molecule has 102 valence electrons. The molecule has 0 saturated carbocycles. The zero-order valence-electron chi connectivity index (χ0n) is 10.9. The summed E-state index contributed by atoms with van der Waals surface area (Å²) in [6.45, 7) is 1.62. The number of fused-ring (bicyclic) bond motifs is 1. The molecule has 0 bridgehead atoms. The lowest BCUT2D eigenvalue weighted by Crippen LogP contribution is -2.08. The van der Waals surface area contributed by atoms with Crippen LogP contribution in [0, 0.1) is 0 Å². The van der Waals surface area contributed by atoms with Gasteiger partial charge >= 0.3 is 5.97 Å². The smallest absolute Gasteiger partial charge is 0.352 e. The van der Waals surface area contributed by atoms with E-state index in [1.165, 1.54) is 6.26 Å². The van der Waals surface area contributed by atoms with Gasteiger partial charge in [0, 0.05) is 24.2 Å². The fraction of sp³-hybridized carbons (Fsp3) is 0.308. The highest BCUT2D eigenvalue weighted by Crippen LogP contribution is 2.26. The van der Waals surface area contributed by atoms with Crippen molar-refractivity contribution >= 4 is 26.7 Å². The molecule has 2 rings (SSSR count). The second-order valence-electron chi connectivity index (χ2n) is 4.68. The number of hydrogen-bond acceptors (Lipinski definition) is 3. The topological polar surface area (TPSA) is 76.4 Å². The summed E-state index contributed by atoms with van der Waals surface area (Å²) in [5, 5.41) is 9.23. The second kappa shape index (κ2) is 4.38. The molecule has 1 aromatic heterocycles. The van der Waals surface area contributed by atoms with Gasteiger partial charge in [-0.1, -0.05) is 12.1 Å². The quantitative estimate of drug-likeness (QED) is 0.933. The Morgan fingerprint density at radius 3 is 2.47 bits per heavy atom. The zero-order valence-corrected chi connectivity index (χ0v) is 11.7. The molecule has 0 saturated heterocycles. The first-order valence-corrected chi connectivity index (χ1v) is 7.69. The third-order valence-electron chi connectivity index (χ3n) is 3.40. The molecule has 1 aromatic carbocycles. The van der Waals surface area contributed by atoms with E-state index in [-0.39, 0.29) is 5.69 Å². The molecule has 0 aliphatic heterocycles. The number of rotatable bonds is 3. The maximum absolute atomic E-state index is 11.6. The van der Waals surface area contributed by atoms with Crippen molar-refractivity contribution in [3.05, 3.63) is 35.5 Å². The van der Waals surface area contributed by atoms with Crippen molar-refractivity contribution in [2.75, 3.05) is 6.26 Å². The van der Waals surface area contributed by atoms with Crippen LogP contribution in [0.25, 0.3) is 10.9 Å². The van der Waals surface area contributed by atoms with E-state index in [0.717, 1.165) is 5.39 Å². The molecule has 1 atom stereocenters. The van der Waals surface area contributed by atoms with Crippen LogP contribution in [0.4, 0.5) is 0 Å². The standard InChI is InChI=1S/C13H15NO4S/c1-8(19(3,17)18)9-4-5-10-7-12(13(15)16)14(2)11(10)6-9/h4-8H,1-3H3,(H,15,16). The molecule has 0 amide bonds. The molecule has 1 unspecified atom stereocenters. The molecule has 0 aliphatic rings. The number of nitrogens with zero attached hydrogens (tertiary/aromatic N) is 1. The molecule has 0 fully saturated rings. The van der Waals surface area contributed by atoms with Crippen LogP contribution in [0.15, 0.2) is 24.3 Å². The number of hydrogen-bond donors (Lipinski definition) is 1. The molecule has 1 heterocycles. The van der Waals surface area contributed by atoms with Crippen LogP contribution in [0.3, 0.4) is 0 Å². The molecule has 6 heteroatoms. The Labute approximate surface area is 111 Å². The van der Waals surface area contributed by atoms with E-state index in [2.05, 4.69) is 0 Å². The Morgan fingerprint density at radius 2 is 1.95 bits per heavy atom. The molecule has 19 heavy (non-hydrogen) atoms. The summed E-state index contributed by atoms with van der Waals surface area (Å²) in [5.41, 5.74) is 1.55. The lowest BCUT2D eigenvalue weighted by Gasteiger charge is -2.10. The average molecular weight is 281 g/mol. The monoisotopic (exact) mass is 281 g/mol. The van der Waals surface area contributed by atoms with Crippen LogP contribution in [0.5, 0.6) is 0 Å². The fourth-order valence-corrected chi connectivity index (χ4v) is 2.69. The first-order valence-electron chi connectivity index (χ1n) is 5.73. The van der Waals surface area contributed by atoms with E-state index in [1.807, 2.05) is 0 Å². The van der Waals surface area contributed by atoms with Crippen molar-refractivity contribution in [3.8, 4) is 0 Å². The van der Waals surface area contributed by atoms with E-state index in [0.29, 0.717) is 11.1 Å². The minimum atomic E-state index is -3.17. The summed E-state index contributed by atoms with van der Waals surface area (Å²) in [4.78, 5) is 11.1. The van der Waals surface area contributed by atoms with E-state index in [1.54, 1.807) is 42.8 Å². The van der Waals surface area contributed by atoms with E-state index >= 15 is 0 Å². The number of aryl methyl sites for hydroxylation is 1. The van der Waals surface area contributed by atoms with Crippen LogP contribution in [0.1, 0.15) is 28.2 Å². The largest absolute Gasteiger partial charge is 0.477 e. The van der Waals surface area contributed by atoms with Gasteiger partial charge in [-0.05, 0) is 24.6 Å². The molecule has 0 radical (unpaired) electrons. The molecule has 2 aromatic rings. The number of sulfone groups is 1. The highest BCUT2D eigenvalue weighted by Gasteiger charge is 2.19. The van der Waals surface area contributed by atoms with Gasteiger partial charge in [-0.15, -0.1) is 0 Å². The lowest BCUT2D eigenvalue weighted by molar-refractivity contribution is 0.0687. The molecule has 0 aliphatic carbocycles. The number of benzene rings is 1. The number of carboxylic acid groups (broad SMARTS) is 1. The van der Waals surface area contributed by atoms with Crippen LogP contribution >= 0.6 is 0 Å². The van der Waals surface area contributed by atoms with Crippen molar-refractivity contribution in [2.24, 2.45) is 7.05 Å². The summed E-state index contributed by atoms with van der Waals surface area (Å²) in [6, 6.07) is 6.78. The fourth-order valence-electron chi connectivity index (χ4n) is 2.05. The van der Waals surface area contributed by atoms with E-state index in [4.69, 9.17) is 5.11 Å². The van der Waals surface area contributed by atoms with Gasteiger partial charge in [-0.3, -0.25) is 0 Å². The average Bonchev–Trinajstić information content (AvgIpc) is 2.64. The number of aromatic nitrogens is 1. The third kappa shape index (κ3) is 2.35. The van der Waals surface area contributed by atoms with Crippen molar-refractivity contribution < 1.29 is 18.3 Å². The molecular formula is C13H15NO4S. The van der Waals surface area contributed by atoms with Gasteiger partial charge < -0.3 is 9.67 Å². The number of carbonyl (C=O) groups is 1. The Balaban J connectivity index is 2.64. The summed E-state index contributed by atoms with van der Waals surface area (Å²) in [7, 11) is -1.52. The lowest BCUT2D eigenvalue weighted by atomic mass is 10.1. The summed E-state index contributed by atoms with van der Waals surface area (Å²) in [6.07, 6.45) is 1.19. The minimum absolute atomic E-state index is 0.180. The Kier molecular flexibility index (Phi) is 3.14. The van der Waals surface area contributed by atoms with E-state index in [9.17, 15) is 13.2 Å². The van der Waals surface area contributed by atoms with Gasteiger partial charge in [-0.25, -0.2) is 13.2 Å². The maximum Gasteiger partial charge on any atom is 0.352 e. The van der Waals surface area contributed by atoms with Gasteiger partial charge in [-0.2, -0.15) is 0 Å². The van der Waals surface area contributed by atoms with Crippen LogP contribution in [-0.2, 0) is 16.9 Å². The number of aromatic carboxylic acids is 1. The molecule has 1 N–H and O–H groups in total. The van der Waals surface area contributed by atoms with Gasteiger partial charge in [0.2, 0.25) is 0 Å². The molecule has 5 nitrogen and oxygen atoms in total. The SMILES string of the molecule is CC(c1ccc2cc(C(=O)O)n(C)c2c1)S(C)(=O)=O. The number of carboxylic acids is 1. The van der Waals surface area contributed by atoms with Gasteiger partial charge in [0.1, 0.15) is 5.69 Å². The highest BCUT2D eigenvalue weighted by molar-refractivity contribution is 7.90. The molecule has 0 spiro atoms. The second-order valence-corrected chi connectivity index (χ2v) is 7.05. The predicted molar refractivity (Wildman–Crippen MR) is 73.1 cm³/mol. The summed E-state index contributed by atoms with van der Waals surface area (Å²) < 4.78 is 24.7. The van der Waals surface area contributed by atoms with Gasteiger partial charge in [0.15, 0.2) is 9.84 Å². The van der Waals surface area contributed by atoms with E-state index < -0.39 is 21.1 Å². The highest BCUT2D eigenvalue weighted by atomic mass is 32.2. The predicted octanol–water partition coefficient (Wildman–Crippen LogP) is 1.98. The minimum Gasteiger partial charge on any atom is -0.477 e. The Hall–Kier alpha value is -1.82. The summed E-state index contributed by atoms with van der Waals surface area (Å²) in [5.74, 6) is -1.00. The molecular weight excluding hydrogens is 266 g/mol. The maximum atomic E-state index is 11.6. The van der Waals surface area contributed by atoms with Crippen LogP contribution in [0.2, 0.25) is 0 Å². The first-order chi connectivity index (χ1) is 8.71. The Bertz CT molecular complexity index is 758. The first kappa shape index (κ1) is 13.6. The van der Waals surface area contributed by atoms with Gasteiger partial charge in [0.05, 0.1) is 5.25 Å². The van der Waals surface area contributed by atoms with Crippen molar-refractivity contribution in [2.45, 2.75) is 12.2 Å². The van der Waals surface area contributed by atoms with Crippen molar-refractivity contribution in [3.63, 3.8) is 0 Å². The van der Waals surface area contributed by atoms with Gasteiger partial charge in [0.25, 0.3) is 0 Å².